The Bertz CT molecular complexity index is 699. The summed E-state index contributed by atoms with van der Waals surface area (Å²) in [7, 11) is 0. The number of carbonyl (C=O) groups is 1. The zero-order chi connectivity index (χ0) is 15.0. The molecule has 0 saturated carbocycles. The van der Waals surface area contributed by atoms with Crippen LogP contribution in [0.2, 0.25) is 0 Å². The number of rotatable bonds is 1. The van der Waals surface area contributed by atoms with Gasteiger partial charge in [-0.15, -0.1) is 0 Å². The van der Waals surface area contributed by atoms with Crippen LogP contribution in [0.3, 0.4) is 0 Å². The summed E-state index contributed by atoms with van der Waals surface area (Å²) in [6, 6.07) is 13.4. The molecular formula is C17H17BrN2O. The van der Waals surface area contributed by atoms with Gasteiger partial charge in [-0.25, -0.2) is 0 Å². The zero-order valence-corrected chi connectivity index (χ0v) is 13.4. The minimum atomic E-state index is -0.00632. The maximum atomic E-state index is 12.9. The van der Waals surface area contributed by atoms with E-state index in [-0.39, 0.29) is 5.91 Å². The molecular weight excluding hydrogens is 328 g/mol. The van der Waals surface area contributed by atoms with E-state index in [0.29, 0.717) is 17.2 Å². The molecule has 3 rings (SSSR count). The van der Waals surface area contributed by atoms with Gasteiger partial charge in [-0.1, -0.05) is 25.1 Å². The van der Waals surface area contributed by atoms with Gasteiger partial charge in [-0.2, -0.15) is 0 Å². The van der Waals surface area contributed by atoms with Gasteiger partial charge in [0.25, 0.3) is 5.91 Å². The Morgan fingerprint density at radius 1 is 1.29 bits per heavy atom. The molecule has 0 bridgehead atoms. The third-order valence-electron chi connectivity index (χ3n) is 3.81. The highest BCUT2D eigenvalue weighted by molar-refractivity contribution is 9.10. The number of nitrogens with two attached hydrogens (primary N) is 1. The van der Waals surface area contributed by atoms with E-state index in [0.717, 1.165) is 23.1 Å². The predicted octanol–water partition coefficient (Wildman–Crippen LogP) is 3.87. The Labute approximate surface area is 132 Å². The molecule has 21 heavy (non-hydrogen) atoms. The van der Waals surface area contributed by atoms with Gasteiger partial charge >= 0.3 is 0 Å². The summed E-state index contributed by atoms with van der Waals surface area (Å²) in [6.07, 6.45) is 1.01. The van der Waals surface area contributed by atoms with Crippen molar-refractivity contribution in [1.29, 1.82) is 0 Å². The van der Waals surface area contributed by atoms with Gasteiger partial charge < -0.3 is 10.6 Å². The number of halogens is 1. The highest BCUT2D eigenvalue weighted by Crippen LogP contribution is 2.32. The molecule has 1 aliphatic heterocycles. The summed E-state index contributed by atoms with van der Waals surface area (Å²) in [5, 5.41) is 0. The molecule has 1 atom stereocenters. The molecule has 1 heterocycles. The normalized spacial score (nSPS) is 17.4. The molecule has 0 radical (unpaired) electrons. The predicted molar refractivity (Wildman–Crippen MR) is 89.5 cm³/mol. The van der Waals surface area contributed by atoms with Crippen molar-refractivity contribution in [2.45, 2.75) is 13.3 Å². The molecule has 1 aliphatic rings. The van der Waals surface area contributed by atoms with Crippen molar-refractivity contribution in [3.8, 4) is 0 Å². The van der Waals surface area contributed by atoms with Crippen molar-refractivity contribution >= 4 is 33.2 Å². The van der Waals surface area contributed by atoms with E-state index in [1.807, 2.05) is 29.2 Å². The van der Waals surface area contributed by atoms with Gasteiger partial charge in [-0.05, 0) is 58.1 Å². The highest BCUT2D eigenvalue weighted by Gasteiger charge is 2.27. The number of benzene rings is 2. The van der Waals surface area contributed by atoms with Crippen LogP contribution in [0.25, 0.3) is 0 Å². The lowest BCUT2D eigenvalue weighted by Gasteiger charge is -2.33. The van der Waals surface area contributed by atoms with E-state index in [4.69, 9.17) is 5.73 Å². The first-order valence-corrected chi connectivity index (χ1v) is 7.80. The monoisotopic (exact) mass is 344 g/mol. The Hall–Kier alpha value is -1.81. The molecule has 108 valence electrons. The SMILES string of the molecule is CC1Cc2ccccc2N(C(=O)c2cc(N)ccc2Br)C1. The number of fused-ring (bicyclic) bond motifs is 1. The number of nitrogen functional groups attached to an aromatic ring is 1. The second-order valence-electron chi connectivity index (χ2n) is 5.59. The van der Waals surface area contributed by atoms with Crippen LogP contribution in [0, 0.1) is 5.92 Å². The third-order valence-corrected chi connectivity index (χ3v) is 4.50. The van der Waals surface area contributed by atoms with Crippen LogP contribution < -0.4 is 10.6 Å². The van der Waals surface area contributed by atoms with Crippen molar-refractivity contribution in [2.24, 2.45) is 5.92 Å². The third kappa shape index (κ3) is 2.68. The highest BCUT2D eigenvalue weighted by atomic mass is 79.9. The number of amides is 1. The van der Waals surface area contributed by atoms with Gasteiger partial charge in [0.15, 0.2) is 0 Å². The van der Waals surface area contributed by atoms with Gasteiger partial charge in [0.05, 0.1) is 5.56 Å². The Morgan fingerprint density at radius 2 is 2.05 bits per heavy atom. The zero-order valence-electron chi connectivity index (χ0n) is 11.8. The molecule has 0 aromatic heterocycles. The second kappa shape index (κ2) is 5.53. The van der Waals surface area contributed by atoms with Crippen molar-refractivity contribution in [3.05, 3.63) is 58.1 Å². The topological polar surface area (TPSA) is 46.3 Å². The van der Waals surface area contributed by atoms with Crippen molar-refractivity contribution in [3.63, 3.8) is 0 Å². The summed E-state index contributed by atoms with van der Waals surface area (Å²) in [4.78, 5) is 14.8. The first-order valence-electron chi connectivity index (χ1n) is 7.01. The van der Waals surface area contributed by atoms with E-state index in [1.165, 1.54) is 5.56 Å². The Kier molecular flexibility index (Phi) is 3.72. The summed E-state index contributed by atoms with van der Waals surface area (Å²) >= 11 is 3.45. The van der Waals surface area contributed by atoms with E-state index >= 15 is 0 Å². The maximum Gasteiger partial charge on any atom is 0.259 e. The summed E-state index contributed by atoms with van der Waals surface area (Å²) in [6.45, 7) is 2.90. The fourth-order valence-corrected chi connectivity index (χ4v) is 3.26. The van der Waals surface area contributed by atoms with Crippen LogP contribution in [-0.4, -0.2) is 12.5 Å². The number of carbonyl (C=O) groups excluding carboxylic acids is 1. The van der Waals surface area contributed by atoms with Gasteiger partial charge in [0, 0.05) is 22.4 Å². The van der Waals surface area contributed by atoms with Gasteiger partial charge in [-0.3, -0.25) is 4.79 Å². The van der Waals surface area contributed by atoms with Gasteiger partial charge in [0.1, 0.15) is 0 Å². The lowest BCUT2D eigenvalue weighted by atomic mass is 9.93. The molecule has 1 amide bonds. The molecule has 1 unspecified atom stereocenters. The average molecular weight is 345 g/mol. The Balaban J connectivity index is 2.04. The molecule has 3 nitrogen and oxygen atoms in total. The first-order chi connectivity index (χ1) is 10.1. The summed E-state index contributed by atoms with van der Waals surface area (Å²) < 4.78 is 0.775. The van der Waals surface area contributed by atoms with Crippen LogP contribution in [0.1, 0.15) is 22.8 Å². The van der Waals surface area contributed by atoms with Crippen LogP contribution >= 0.6 is 15.9 Å². The minimum Gasteiger partial charge on any atom is -0.399 e. The molecule has 0 saturated heterocycles. The van der Waals surface area contributed by atoms with E-state index in [9.17, 15) is 4.79 Å². The first kappa shape index (κ1) is 14.1. The molecule has 2 N–H and O–H groups in total. The van der Waals surface area contributed by atoms with E-state index < -0.39 is 0 Å². The van der Waals surface area contributed by atoms with E-state index in [2.05, 4.69) is 28.9 Å². The number of hydrogen-bond donors (Lipinski definition) is 1. The van der Waals surface area contributed by atoms with Crippen LogP contribution in [0.15, 0.2) is 46.9 Å². The number of hydrogen-bond acceptors (Lipinski definition) is 2. The molecule has 2 aromatic rings. The van der Waals surface area contributed by atoms with Crippen LogP contribution in [-0.2, 0) is 6.42 Å². The summed E-state index contributed by atoms with van der Waals surface area (Å²) in [5.74, 6) is 0.442. The second-order valence-corrected chi connectivity index (χ2v) is 6.45. The molecule has 0 spiro atoms. The fraction of sp³-hybridized carbons (Fsp3) is 0.235. The number of para-hydroxylation sites is 1. The standard InChI is InChI=1S/C17H17BrN2O/c1-11-8-12-4-2-3-5-16(12)20(10-11)17(21)14-9-13(19)6-7-15(14)18/h2-7,9,11H,8,10,19H2,1H3. The van der Waals surface area contributed by atoms with Crippen LogP contribution in [0.5, 0.6) is 0 Å². The average Bonchev–Trinajstić information content (AvgIpc) is 2.48. The van der Waals surface area contributed by atoms with E-state index in [1.54, 1.807) is 12.1 Å². The molecule has 0 aliphatic carbocycles. The van der Waals surface area contributed by atoms with Crippen LogP contribution in [0.4, 0.5) is 11.4 Å². The lowest BCUT2D eigenvalue weighted by molar-refractivity contribution is 0.0980. The van der Waals surface area contributed by atoms with Gasteiger partial charge in [0.2, 0.25) is 0 Å². The lowest BCUT2D eigenvalue weighted by Crippen LogP contribution is -2.39. The quantitative estimate of drug-likeness (QED) is 0.798. The van der Waals surface area contributed by atoms with Crippen molar-refractivity contribution in [1.82, 2.24) is 0 Å². The van der Waals surface area contributed by atoms with Crippen molar-refractivity contribution in [2.75, 3.05) is 17.2 Å². The number of nitrogens with zero attached hydrogens (tertiary/aromatic N) is 1. The minimum absolute atomic E-state index is 0.00632. The molecule has 0 fully saturated rings. The molecule has 4 heteroatoms. The maximum absolute atomic E-state index is 12.9. The Morgan fingerprint density at radius 3 is 2.86 bits per heavy atom. The smallest absolute Gasteiger partial charge is 0.259 e. The number of anilines is 2. The largest absolute Gasteiger partial charge is 0.399 e. The molecule has 2 aromatic carbocycles. The van der Waals surface area contributed by atoms with Crippen molar-refractivity contribution < 1.29 is 4.79 Å². The fourth-order valence-electron chi connectivity index (χ4n) is 2.84. The summed E-state index contributed by atoms with van der Waals surface area (Å²) in [5.41, 5.74) is 9.27.